The van der Waals surface area contributed by atoms with Gasteiger partial charge in [-0.3, -0.25) is 4.79 Å². The number of rotatable bonds is 14. The van der Waals surface area contributed by atoms with Crippen LogP contribution >= 0.6 is 11.8 Å². The zero-order valence-corrected chi connectivity index (χ0v) is 20.9. The summed E-state index contributed by atoms with van der Waals surface area (Å²) in [6, 6.07) is 0. The number of nitrogens with two attached hydrogens (primary N) is 1. The van der Waals surface area contributed by atoms with Crippen molar-refractivity contribution < 1.29 is 30.0 Å². The highest BCUT2D eigenvalue weighted by molar-refractivity contribution is 7.99. The fourth-order valence-corrected chi connectivity index (χ4v) is 6.96. The molecule has 2 fully saturated rings. The maximum atomic E-state index is 12.3. The second kappa shape index (κ2) is 11.3. The normalized spacial score (nSPS) is 32.5. The number of unbranched alkanes of at least 4 members (excludes halogenated alkanes) is 3. The van der Waals surface area contributed by atoms with E-state index in [0.717, 1.165) is 44.3 Å². The van der Waals surface area contributed by atoms with Gasteiger partial charge in [-0.1, -0.05) is 26.7 Å². The van der Waals surface area contributed by atoms with Crippen molar-refractivity contribution in [3.63, 3.8) is 0 Å². The Morgan fingerprint density at radius 1 is 1.12 bits per heavy atom. The first kappa shape index (κ1) is 27.8. The number of aliphatic hydroxyl groups is 4. The summed E-state index contributed by atoms with van der Waals surface area (Å²) in [5, 5.41) is 43.5. The Labute approximate surface area is 196 Å². The predicted octanol–water partition coefficient (Wildman–Crippen LogP) is 1.34. The SMILES string of the molecule is CC(C)(CCSC1OC2(O)C(CO)C(O)C(O)C12)CC(C)(C)NC(=O)CCCCCCN. The molecule has 8 nitrogen and oxygen atoms in total. The average molecular weight is 477 g/mol. The number of carbonyl (C=O) groups is 1. The maximum absolute atomic E-state index is 12.3. The fourth-order valence-electron chi connectivity index (χ4n) is 5.28. The van der Waals surface area contributed by atoms with Gasteiger partial charge in [0, 0.05) is 12.0 Å². The minimum atomic E-state index is -1.66. The van der Waals surface area contributed by atoms with Crippen molar-refractivity contribution in [2.45, 2.75) is 102 Å². The molecule has 1 aliphatic carbocycles. The van der Waals surface area contributed by atoms with Crippen molar-refractivity contribution >= 4 is 17.7 Å². The first-order chi connectivity index (χ1) is 14.9. The van der Waals surface area contributed by atoms with Crippen LogP contribution in [0.25, 0.3) is 0 Å². The number of fused-ring (bicyclic) bond motifs is 1. The van der Waals surface area contributed by atoms with Crippen LogP contribution in [0.5, 0.6) is 0 Å². The summed E-state index contributed by atoms with van der Waals surface area (Å²) in [7, 11) is 0. The zero-order valence-electron chi connectivity index (χ0n) is 20.0. The third-order valence-corrected chi connectivity index (χ3v) is 7.91. The molecule has 1 saturated carbocycles. The lowest BCUT2D eigenvalue weighted by Gasteiger charge is -2.49. The molecule has 32 heavy (non-hydrogen) atoms. The molecule has 6 unspecified atom stereocenters. The minimum absolute atomic E-state index is 0.0353. The Morgan fingerprint density at radius 2 is 1.78 bits per heavy atom. The number of thioether (sulfide) groups is 1. The van der Waals surface area contributed by atoms with E-state index in [-0.39, 0.29) is 16.9 Å². The lowest BCUT2D eigenvalue weighted by atomic mass is 9.78. The van der Waals surface area contributed by atoms with E-state index in [0.29, 0.717) is 13.0 Å². The number of ether oxygens (including phenoxy) is 1. The van der Waals surface area contributed by atoms with Gasteiger partial charge in [-0.25, -0.2) is 0 Å². The molecule has 0 aromatic rings. The highest BCUT2D eigenvalue weighted by atomic mass is 32.2. The molecule has 0 aromatic heterocycles. The molecule has 7 N–H and O–H groups in total. The second-order valence-electron chi connectivity index (χ2n) is 10.9. The summed E-state index contributed by atoms with van der Waals surface area (Å²) in [6.07, 6.45) is 3.89. The van der Waals surface area contributed by atoms with Gasteiger partial charge >= 0.3 is 0 Å². The topological polar surface area (TPSA) is 145 Å². The smallest absolute Gasteiger partial charge is 0.220 e. The van der Waals surface area contributed by atoms with Crippen LogP contribution in [-0.2, 0) is 9.53 Å². The quantitative estimate of drug-likeness (QED) is 0.206. The van der Waals surface area contributed by atoms with Crippen molar-refractivity contribution in [2.75, 3.05) is 18.9 Å². The van der Waals surface area contributed by atoms with Crippen molar-refractivity contribution in [1.82, 2.24) is 5.32 Å². The van der Waals surface area contributed by atoms with Crippen LogP contribution in [0.4, 0.5) is 0 Å². The van der Waals surface area contributed by atoms with Crippen molar-refractivity contribution in [3.05, 3.63) is 0 Å². The number of carbonyl (C=O) groups excluding carboxylic acids is 1. The summed E-state index contributed by atoms with van der Waals surface area (Å²) in [5.74, 6) is -2.31. The summed E-state index contributed by atoms with van der Waals surface area (Å²) in [5.41, 5.74) is 4.73. The first-order valence-corrected chi connectivity index (χ1v) is 12.9. The first-order valence-electron chi connectivity index (χ1n) is 11.9. The molecule has 1 saturated heterocycles. The zero-order chi connectivity index (χ0) is 24.2. The van der Waals surface area contributed by atoms with Crippen molar-refractivity contribution in [2.24, 2.45) is 23.0 Å². The summed E-state index contributed by atoms with van der Waals surface area (Å²) in [6.45, 7) is 8.70. The number of nitrogens with one attached hydrogen (secondary N) is 1. The summed E-state index contributed by atoms with van der Waals surface area (Å²) < 4.78 is 5.60. The van der Waals surface area contributed by atoms with E-state index >= 15 is 0 Å². The average Bonchev–Trinajstić information content (AvgIpc) is 2.79. The van der Waals surface area contributed by atoms with Gasteiger partial charge in [0.25, 0.3) is 0 Å². The highest BCUT2D eigenvalue weighted by Gasteiger charge is 2.70. The maximum Gasteiger partial charge on any atom is 0.220 e. The lowest BCUT2D eigenvalue weighted by Crippen LogP contribution is -2.61. The van der Waals surface area contributed by atoms with Gasteiger partial charge < -0.3 is 36.2 Å². The number of aliphatic hydroxyl groups excluding tert-OH is 3. The van der Waals surface area contributed by atoms with Crippen LogP contribution in [0.1, 0.15) is 72.6 Å². The molecule has 1 amide bonds. The molecule has 1 aliphatic heterocycles. The van der Waals surface area contributed by atoms with Crippen LogP contribution in [0.15, 0.2) is 0 Å². The van der Waals surface area contributed by atoms with Crippen LogP contribution in [-0.4, -0.2) is 74.2 Å². The Morgan fingerprint density at radius 3 is 2.41 bits per heavy atom. The highest BCUT2D eigenvalue weighted by Crippen LogP contribution is 2.55. The molecule has 2 aliphatic rings. The molecule has 0 radical (unpaired) electrons. The molecule has 0 aromatic carbocycles. The van der Waals surface area contributed by atoms with E-state index in [1.807, 2.05) is 0 Å². The second-order valence-corrected chi connectivity index (χ2v) is 12.1. The number of hydrogen-bond acceptors (Lipinski definition) is 8. The van der Waals surface area contributed by atoms with E-state index < -0.39 is 41.9 Å². The number of hydrogen-bond donors (Lipinski definition) is 6. The van der Waals surface area contributed by atoms with E-state index in [9.17, 15) is 25.2 Å². The number of amides is 1. The summed E-state index contributed by atoms with van der Waals surface area (Å²) >= 11 is 1.51. The van der Waals surface area contributed by atoms with Gasteiger partial charge in [-0.2, -0.15) is 0 Å². The largest absolute Gasteiger partial charge is 0.396 e. The van der Waals surface area contributed by atoms with Gasteiger partial charge in [0.2, 0.25) is 5.91 Å². The van der Waals surface area contributed by atoms with Crippen molar-refractivity contribution in [3.8, 4) is 0 Å². The van der Waals surface area contributed by atoms with Gasteiger partial charge in [0.15, 0.2) is 5.79 Å². The molecule has 0 spiro atoms. The van der Waals surface area contributed by atoms with Crippen LogP contribution in [0.3, 0.4) is 0 Å². The van der Waals surface area contributed by atoms with Gasteiger partial charge in [0.1, 0.15) is 5.44 Å². The Bertz CT molecular complexity index is 619. The van der Waals surface area contributed by atoms with Gasteiger partial charge in [-0.05, 0) is 57.2 Å². The molecule has 188 valence electrons. The van der Waals surface area contributed by atoms with Gasteiger partial charge in [0.05, 0.1) is 30.7 Å². The van der Waals surface area contributed by atoms with Crippen LogP contribution < -0.4 is 11.1 Å². The summed E-state index contributed by atoms with van der Waals surface area (Å²) in [4.78, 5) is 12.3. The minimum Gasteiger partial charge on any atom is -0.396 e. The standard InChI is InChI=1S/C23H44N2O6S/c1-21(2,14-22(3,4)25-16(27)9-7-5-6-8-11-24)10-12-32-20-17-19(29)18(28)15(13-26)23(17,30)31-20/h15,17-20,26,28-30H,5-14,24H2,1-4H3,(H,25,27). The molecule has 2 rings (SSSR count). The molecule has 0 bridgehead atoms. The van der Waals surface area contributed by atoms with E-state index in [1.54, 1.807) is 0 Å². The Kier molecular flexibility index (Phi) is 9.86. The molecular weight excluding hydrogens is 432 g/mol. The van der Waals surface area contributed by atoms with Crippen molar-refractivity contribution in [1.29, 1.82) is 0 Å². The van der Waals surface area contributed by atoms with Crippen LogP contribution in [0, 0.1) is 17.3 Å². The molecular formula is C23H44N2O6S. The predicted molar refractivity (Wildman–Crippen MR) is 126 cm³/mol. The lowest BCUT2D eigenvalue weighted by molar-refractivity contribution is -0.355. The Hall–Kier alpha value is -0.420. The molecule has 6 atom stereocenters. The third kappa shape index (κ3) is 6.81. The van der Waals surface area contributed by atoms with Crippen LogP contribution in [0.2, 0.25) is 0 Å². The molecule has 9 heteroatoms. The van der Waals surface area contributed by atoms with E-state index in [2.05, 4.69) is 33.0 Å². The van der Waals surface area contributed by atoms with Gasteiger partial charge in [-0.15, -0.1) is 11.8 Å². The molecule has 1 heterocycles. The fraction of sp³-hybridized carbons (Fsp3) is 0.957. The Balaban J connectivity index is 1.73. The monoisotopic (exact) mass is 476 g/mol. The van der Waals surface area contributed by atoms with E-state index in [1.165, 1.54) is 11.8 Å². The van der Waals surface area contributed by atoms with E-state index in [4.69, 9.17) is 10.5 Å². The third-order valence-electron chi connectivity index (χ3n) is 6.75.